The van der Waals surface area contributed by atoms with E-state index in [1.54, 1.807) is 12.1 Å². The molecule has 0 radical (unpaired) electrons. The van der Waals surface area contributed by atoms with Crippen molar-refractivity contribution in [2.75, 3.05) is 18.5 Å². The van der Waals surface area contributed by atoms with Crippen molar-refractivity contribution in [1.29, 1.82) is 0 Å². The SMILES string of the molecule is CCOc1ccc(-c2nnc(NC(=O)CC(c3ccccc3)c3ccccc3)o2)cc1OCC. The van der Waals surface area contributed by atoms with Crippen LogP contribution in [0.25, 0.3) is 11.5 Å². The van der Waals surface area contributed by atoms with Gasteiger partial charge in [0.2, 0.25) is 11.8 Å². The molecule has 0 fully saturated rings. The van der Waals surface area contributed by atoms with Crippen LogP contribution in [0.4, 0.5) is 6.01 Å². The number of hydrogen-bond donors (Lipinski definition) is 1. The van der Waals surface area contributed by atoms with Crippen LogP contribution in [0.2, 0.25) is 0 Å². The van der Waals surface area contributed by atoms with E-state index in [0.717, 1.165) is 11.1 Å². The molecular weight excluding hydrogens is 430 g/mol. The number of rotatable bonds is 10. The molecule has 0 aliphatic rings. The zero-order valence-electron chi connectivity index (χ0n) is 19.2. The highest BCUT2D eigenvalue weighted by molar-refractivity contribution is 5.89. The van der Waals surface area contributed by atoms with Gasteiger partial charge in [-0.15, -0.1) is 5.10 Å². The van der Waals surface area contributed by atoms with Crippen molar-refractivity contribution in [3.05, 3.63) is 90.0 Å². The van der Waals surface area contributed by atoms with Crippen LogP contribution >= 0.6 is 0 Å². The molecule has 0 aliphatic carbocycles. The van der Waals surface area contributed by atoms with E-state index >= 15 is 0 Å². The average Bonchev–Trinajstić information content (AvgIpc) is 3.33. The largest absolute Gasteiger partial charge is 0.490 e. The van der Waals surface area contributed by atoms with Crippen molar-refractivity contribution in [1.82, 2.24) is 10.2 Å². The lowest BCUT2D eigenvalue weighted by atomic mass is 9.88. The second-order valence-electron chi connectivity index (χ2n) is 7.57. The number of aromatic nitrogens is 2. The van der Waals surface area contributed by atoms with E-state index in [-0.39, 0.29) is 30.2 Å². The Labute approximate surface area is 198 Å². The summed E-state index contributed by atoms with van der Waals surface area (Å²) in [5.74, 6) is 1.22. The topological polar surface area (TPSA) is 86.5 Å². The van der Waals surface area contributed by atoms with Gasteiger partial charge in [0.15, 0.2) is 11.5 Å². The third-order valence-corrected chi connectivity index (χ3v) is 5.26. The molecule has 0 atom stereocenters. The van der Waals surface area contributed by atoms with E-state index in [2.05, 4.69) is 15.5 Å². The predicted molar refractivity (Wildman–Crippen MR) is 130 cm³/mol. The number of anilines is 1. The Morgan fingerprint density at radius 1 is 0.853 bits per heavy atom. The van der Waals surface area contributed by atoms with Gasteiger partial charge in [0, 0.05) is 17.9 Å². The third kappa shape index (κ3) is 5.61. The van der Waals surface area contributed by atoms with Gasteiger partial charge in [0.1, 0.15) is 0 Å². The fourth-order valence-electron chi connectivity index (χ4n) is 3.73. The molecule has 0 saturated carbocycles. The smallest absolute Gasteiger partial charge is 0.322 e. The number of nitrogens with one attached hydrogen (secondary N) is 1. The van der Waals surface area contributed by atoms with Gasteiger partial charge in [0.25, 0.3) is 0 Å². The van der Waals surface area contributed by atoms with Crippen LogP contribution in [0.1, 0.15) is 37.3 Å². The van der Waals surface area contributed by atoms with Crippen LogP contribution in [0.15, 0.2) is 83.3 Å². The second-order valence-corrected chi connectivity index (χ2v) is 7.57. The second kappa shape index (κ2) is 11.1. The highest BCUT2D eigenvalue weighted by atomic mass is 16.5. The predicted octanol–water partition coefficient (Wildman–Crippen LogP) is 5.69. The number of nitrogens with zero attached hydrogens (tertiary/aromatic N) is 2. The third-order valence-electron chi connectivity index (χ3n) is 5.26. The summed E-state index contributed by atoms with van der Waals surface area (Å²) in [5, 5.41) is 10.8. The summed E-state index contributed by atoms with van der Waals surface area (Å²) < 4.78 is 17.0. The van der Waals surface area contributed by atoms with Crippen LogP contribution in [0, 0.1) is 0 Å². The van der Waals surface area contributed by atoms with Gasteiger partial charge in [-0.05, 0) is 43.2 Å². The first kappa shape index (κ1) is 23.0. The van der Waals surface area contributed by atoms with Gasteiger partial charge in [0.05, 0.1) is 13.2 Å². The zero-order valence-corrected chi connectivity index (χ0v) is 19.2. The van der Waals surface area contributed by atoms with Crippen LogP contribution in [0.3, 0.4) is 0 Å². The first-order valence-corrected chi connectivity index (χ1v) is 11.3. The first-order chi connectivity index (χ1) is 16.7. The minimum Gasteiger partial charge on any atom is -0.490 e. The number of amides is 1. The molecule has 7 nitrogen and oxygen atoms in total. The van der Waals surface area contributed by atoms with Crippen molar-refractivity contribution in [3.63, 3.8) is 0 Å². The highest BCUT2D eigenvalue weighted by Gasteiger charge is 2.20. The van der Waals surface area contributed by atoms with E-state index < -0.39 is 0 Å². The summed E-state index contributed by atoms with van der Waals surface area (Å²) in [6, 6.07) is 25.4. The molecular formula is C27H27N3O4. The van der Waals surface area contributed by atoms with Crippen molar-refractivity contribution in [2.24, 2.45) is 0 Å². The van der Waals surface area contributed by atoms with E-state index in [9.17, 15) is 4.79 Å². The number of carbonyl (C=O) groups excluding carboxylic acids is 1. The molecule has 1 N–H and O–H groups in total. The van der Waals surface area contributed by atoms with Crippen LogP contribution in [0.5, 0.6) is 11.5 Å². The van der Waals surface area contributed by atoms with Crippen molar-refractivity contribution in [3.8, 4) is 23.0 Å². The molecule has 4 rings (SSSR count). The molecule has 0 saturated heterocycles. The molecule has 1 aromatic heterocycles. The first-order valence-electron chi connectivity index (χ1n) is 11.3. The fraction of sp³-hybridized carbons (Fsp3) is 0.222. The molecule has 1 amide bonds. The lowest BCUT2D eigenvalue weighted by molar-refractivity contribution is -0.116. The van der Waals surface area contributed by atoms with Gasteiger partial charge in [-0.3, -0.25) is 10.1 Å². The number of hydrogen-bond acceptors (Lipinski definition) is 6. The minimum absolute atomic E-state index is 0.0479. The summed E-state index contributed by atoms with van der Waals surface area (Å²) >= 11 is 0. The summed E-state index contributed by atoms with van der Waals surface area (Å²) in [6.45, 7) is 4.85. The van der Waals surface area contributed by atoms with E-state index in [4.69, 9.17) is 13.9 Å². The molecule has 7 heteroatoms. The quantitative estimate of drug-likeness (QED) is 0.329. The van der Waals surface area contributed by atoms with Crippen molar-refractivity contribution >= 4 is 11.9 Å². The van der Waals surface area contributed by atoms with Crippen LogP contribution < -0.4 is 14.8 Å². The zero-order chi connectivity index (χ0) is 23.8. The Morgan fingerprint density at radius 3 is 2.09 bits per heavy atom. The summed E-state index contributed by atoms with van der Waals surface area (Å²) in [5.41, 5.74) is 2.80. The summed E-state index contributed by atoms with van der Waals surface area (Å²) in [6.07, 6.45) is 0.239. The average molecular weight is 458 g/mol. The van der Waals surface area contributed by atoms with E-state index in [1.165, 1.54) is 0 Å². The molecule has 3 aromatic carbocycles. The number of carbonyl (C=O) groups is 1. The minimum atomic E-state index is -0.213. The normalized spacial score (nSPS) is 10.8. The Morgan fingerprint density at radius 2 is 1.47 bits per heavy atom. The lowest BCUT2D eigenvalue weighted by Crippen LogP contribution is -2.16. The molecule has 34 heavy (non-hydrogen) atoms. The summed E-state index contributed by atoms with van der Waals surface area (Å²) in [4.78, 5) is 12.9. The maximum atomic E-state index is 12.9. The van der Waals surface area contributed by atoms with Crippen molar-refractivity contribution < 1.29 is 18.7 Å². The van der Waals surface area contributed by atoms with Crippen LogP contribution in [-0.4, -0.2) is 29.3 Å². The Bertz CT molecular complexity index is 1170. The molecule has 4 aromatic rings. The maximum absolute atomic E-state index is 12.9. The monoisotopic (exact) mass is 457 g/mol. The fourth-order valence-corrected chi connectivity index (χ4v) is 3.73. The van der Waals surface area contributed by atoms with E-state index in [1.807, 2.05) is 80.6 Å². The molecule has 0 aliphatic heterocycles. The summed E-state index contributed by atoms with van der Waals surface area (Å²) in [7, 11) is 0. The van der Waals surface area contributed by atoms with Crippen LogP contribution in [-0.2, 0) is 4.79 Å². The molecule has 1 heterocycles. The standard InChI is InChI=1S/C27H27N3O4/c1-3-32-23-16-15-21(17-24(23)33-4-2)26-29-30-27(34-26)28-25(31)18-22(19-11-7-5-8-12-19)20-13-9-6-10-14-20/h5-17,22H,3-4,18H2,1-2H3,(H,28,30,31). The molecule has 174 valence electrons. The van der Waals surface area contributed by atoms with Gasteiger partial charge in [-0.1, -0.05) is 65.8 Å². The van der Waals surface area contributed by atoms with Gasteiger partial charge < -0.3 is 13.9 Å². The van der Waals surface area contributed by atoms with Crippen molar-refractivity contribution in [2.45, 2.75) is 26.2 Å². The maximum Gasteiger partial charge on any atom is 0.322 e. The Balaban J connectivity index is 1.49. The molecule has 0 bridgehead atoms. The van der Waals surface area contributed by atoms with E-state index in [0.29, 0.717) is 30.3 Å². The Kier molecular flexibility index (Phi) is 7.55. The number of benzene rings is 3. The number of ether oxygens (including phenoxy) is 2. The molecule has 0 spiro atoms. The Hall–Kier alpha value is -4.13. The van der Waals surface area contributed by atoms with Gasteiger partial charge in [-0.2, -0.15) is 0 Å². The molecule has 0 unspecified atom stereocenters. The van der Waals surface area contributed by atoms with Gasteiger partial charge >= 0.3 is 6.01 Å². The lowest BCUT2D eigenvalue weighted by Gasteiger charge is -2.17. The van der Waals surface area contributed by atoms with Gasteiger partial charge in [-0.25, -0.2) is 0 Å². The highest BCUT2D eigenvalue weighted by Crippen LogP contribution is 2.33.